The van der Waals surface area contributed by atoms with Crippen LogP contribution in [0.2, 0.25) is 5.02 Å². The minimum Gasteiger partial charge on any atom is -0.484 e. The molecule has 3 aromatic rings. The fourth-order valence-corrected chi connectivity index (χ4v) is 5.00. The van der Waals surface area contributed by atoms with Gasteiger partial charge in [0.15, 0.2) is 11.7 Å². The summed E-state index contributed by atoms with van der Waals surface area (Å²) in [5, 5.41) is 1.31. The van der Waals surface area contributed by atoms with Crippen LogP contribution in [-0.4, -0.2) is 43.0 Å². The van der Waals surface area contributed by atoms with Gasteiger partial charge < -0.3 is 9.47 Å². The maximum Gasteiger partial charge on any atom is 0.266 e. The quantitative estimate of drug-likeness (QED) is 0.461. The van der Waals surface area contributed by atoms with E-state index in [2.05, 4.69) is 0 Å². The molecule has 29 heavy (non-hydrogen) atoms. The molecule has 4 rings (SSSR count). The standard InChI is InChI=1S/C21H21ClN2O3S2/c1-28-17-5-2-6-18-20(17)23-21(29-18)24(12-16-4-3-11-26-16)19(25)13-27-15-9-7-14(22)8-10-15/h2,5-10,16H,3-4,11-13H2,1H3. The molecule has 1 amide bonds. The molecule has 1 aliphatic heterocycles. The van der Waals surface area contributed by atoms with Crippen LogP contribution in [0.1, 0.15) is 12.8 Å². The molecule has 1 saturated heterocycles. The van der Waals surface area contributed by atoms with E-state index in [-0.39, 0.29) is 18.6 Å². The average molecular weight is 449 g/mol. The van der Waals surface area contributed by atoms with Gasteiger partial charge in [0.1, 0.15) is 5.75 Å². The molecule has 1 unspecified atom stereocenters. The van der Waals surface area contributed by atoms with Crippen molar-refractivity contribution in [3.8, 4) is 5.75 Å². The zero-order valence-corrected chi connectivity index (χ0v) is 18.4. The summed E-state index contributed by atoms with van der Waals surface area (Å²) in [7, 11) is 0. The lowest BCUT2D eigenvalue weighted by Crippen LogP contribution is -2.40. The van der Waals surface area contributed by atoms with Crippen LogP contribution in [0.15, 0.2) is 47.4 Å². The van der Waals surface area contributed by atoms with Crippen molar-refractivity contribution in [1.29, 1.82) is 0 Å². The summed E-state index contributed by atoms with van der Waals surface area (Å²) < 4.78 is 12.5. The fourth-order valence-electron chi connectivity index (χ4n) is 3.22. The number of halogens is 1. The molecule has 0 aliphatic carbocycles. The second-order valence-corrected chi connectivity index (χ2v) is 8.98. The second-order valence-electron chi connectivity index (χ2n) is 6.69. The molecule has 2 heterocycles. The summed E-state index contributed by atoms with van der Waals surface area (Å²) in [5.41, 5.74) is 0.934. The van der Waals surface area contributed by atoms with E-state index in [0.717, 1.165) is 34.6 Å². The number of thioether (sulfide) groups is 1. The van der Waals surface area contributed by atoms with Crippen molar-refractivity contribution in [1.82, 2.24) is 4.98 Å². The molecule has 1 fully saturated rings. The molecule has 0 spiro atoms. The van der Waals surface area contributed by atoms with Crippen LogP contribution >= 0.6 is 34.7 Å². The zero-order valence-electron chi connectivity index (χ0n) is 16.0. The van der Waals surface area contributed by atoms with Gasteiger partial charge >= 0.3 is 0 Å². The molecule has 0 saturated carbocycles. The highest BCUT2D eigenvalue weighted by Gasteiger charge is 2.26. The number of anilines is 1. The van der Waals surface area contributed by atoms with Gasteiger partial charge in [0.25, 0.3) is 5.91 Å². The van der Waals surface area contributed by atoms with E-state index in [4.69, 9.17) is 26.1 Å². The number of hydrogen-bond donors (Lipinski definition) is 0. The number of para-hydroxylation sites is 1. The molecule has 0 radical (unpaired) electrons. The van der Waals surface area contributed by atoms with Crippen LogP contribution in [0, 0.1) is 0 Å². The zero-order chi connectivity index (χ0) is 20.2. The number of ether oxygens (including phenoxy) is 2. The maximum absolute atomic E-state index is 13.1. The third-order valence-electron chi connectivity index (χ3n) is 4.71. The largest absolute Gasteiger partial charge is 0.484 e. The van der Waals surface area contributed by atoms with Crippen molar-refractivity contribution >= 4 is 56.0 Å². The predicted molar refractivity (Wildman–Crippen MR) is 120 cm³/mol. The molecule has 5 nitrogen and oxygen atoms in total. The second kappa shape index (κ2) is 9.34. The van der Waals surface area contributed by atoms with Crippen molar-refractivity contribution < 1.29 is 14.3 Å². The number of amides is 1. The van der Waals surface area contributed by atoms with Crippen molar-refractivity contribution in [3.63, 3.8) is 0 Å². The number of nitrogens with zero attached hydrogens (tertiary/aromatic N) is 2. The van der Waals surface area contributed by atoms with E-state index in [9.17, 15) is 4.79 Å². The number of aromatic nitrogens is 1. The molecule has 152 valence electrons. The van der Waals surface area contributed by atoms with Gasteiger partial charge in [-0.3, -0.25) is 9.69 Å². The monoisotopic (exact) mass is 448 g/mol. The van der Waals surface area contributed by atoms with E-state index in [1.165, 1.54) is 11.3 Å². The van der Waals surface area contributed by atoms with Gasteiger partial charge in [0.05, 0.1) is 22.9 Å². The molecular formula is C21H21ClN2O3S2. The number of rotatable bonds is 7. The van der Waals surface area contributed by atoms with Crippen molar-refractivity contribution in [2.75, 3.05) is 30.9 Å². The molecule has 1 atom stereocenters. The summed E-state index contributed by atoms with van der Waals surface area (Å²) >= 11 is 9.09. The lowest BCUT2D eigenvalue weighted by molar-refractivity contribution is -0.120. The minimum atomic E-state index is -0.139. The number of thiazole rings is 1. The Balaban J connectivity index is 1.57. The van der Waals surface area contributed by atoms with E-state index in [0.29, 0.717) is 22.4 Å². The first kappa shape index (κ1) is 20.5. The number of benzene rings is 2. The van der Waals surface area contributed by atoms with E-state index >= 15 is 0 Å². The summed E-state index contributed by atoms with van der Waals surface area (Å²) in [4.78, 5) is 20.7. The molecule has 0 N–H and O–H groups in total. The molecule has 2 aromatic carbocycles. The van der Waals surface area contributed by atoms with Gasteiger partial charge in [-0.2, -0.15) is 0 Å². The molecule has 0 bridgehead atoms. The highest BCUT2D eigenvalue weighted by atomic mass is 35.5. The van der Waals surface area contributed by atoms with Crippen LogP contribution in [0.5, 0.6) is 5.75 Å². The first-order chi connectivity index (χ1) is 14.1. The molecule has 8 heteroatoms. The highest BCUT2D eigenvalue weighted by Crippen LogP contribution is 2.34. The van der Waals surface area contributed by atoms with Gasteiger partial charge in [0, 0.05) is 16.5 Å². The lowest BCUT2D eigenvalue weighted by Gasteiger charge is -2.23. The van der Waals surface area contributed by atoms with Crippen LogP contribution < -0.4 is 9.64 Å². The summed E-state index contributed by atoms with van der Waals surface area (Å²) in [6.07, 6.45) is 4.03. The van der Waals surface area contributed by atoms with E-state index < -0.39 is 0 Å². The Bertz CT molecular complexity index is 987. The first-order valence-electron chi connectivity index (χ1n) is 9.38. The van der Waals surface area contributed by atoms with Crippen LogP contribution in [0.25, 0.3) is 10.2 Å². The Labute approximate surface area is 183 Å². The molecule has 1 aromatic heterocycles. The Morgan fingerprint density at radius 1 is 1.34 bits per heavy atom. The molecular weight excluding hydrogens is 428 g/mol. The maximum atomic E-state index is 13.1. The lowest BCUT2D eigenvalue weighted by atomic mass is 10.2. The number of carbonyl (C=O) groups excluding carboxylic acids is 1. The van der Waals surface area contributed by atoms with Gasteiger partial charge in [-0.15, -0.1) is 11.8 Å². The third kappa shape index (κ3) is 4.86. The summed E-state index contributed by atoms with van der Waals surface area (Å²) in [6.45, 7) is 1.15. The molecule has 1 aliphatic rings. The van der Waals surface area contributed by atoms with Gasteiger partial charge in [-0.25, -0.2) is 4.98 Å². The summed E-state index contributed by atoms with van der Waals surface area (Å²) in [5.74, 6) is 0.467. The Kier molecular flexibility index (Phi) is 6.60. The van der Waals surface area contributed by atoms with E-state index in [1.807, 2.05) is 24.5 Å². The Hall–Kier alpha value is -1.80. The van der Waals surface area contributed by atoms with Gasteiger partial charge in [0.2, 0.25) is 0 Å². The van der Waals surface area contributed by atoms with E-state index in [1.54, 1.807) is 40.9 Å². The van der Waals surface area contributed by atoms with Crippen molar-refractivity contribution in [3.05, 3.63) is 47.5 Å². The SMILES string of the molecule is CSc1cccc2sc(N(CC3CCCO3)C(=O)COc3ccc(Cl)cc3)nc12. The highest BCUT2D eigenvalue weighted by molar-refractivity contribution is 7.98. The number of carbonyl (C=O) groups is 1. The Morgan fingerprint density at radius 2 is 2.17 bits per heavy atom. The number of fused-ring (bicyclic) bond motifs is 1. The predicted octanol–water partition coefficient (Wildman–Crippen LogP) is 5.26. The van der Waals surface area contributed by atoms with Crippen LogP contribution in [-0.2, 0) is 9.53 Å². The topological polar surface area (TPSA) is 51.7 Å². The van der Waals surface area contributed by atoms with Crippen molar-refractivity contribution in [2.45, 2.75) is 23.8 Å². The third-order valence-corrected chi connectivity index (χ3v) is 6.77. The minimum absolute atomic E-state index is 0.0292. The van der Waals surface area contributed by atoms with Gasteiger partial charge in [-0.05, 0) is 55.5 Å². The number of hydrogen-bond acceptors (Lipinski definition) is 6. The van der Waals surface area contributed by atoms with Crippen molar-refractivity contribution in [2.24, 2.45) is 0 Å². The summed E-state index contributed by atoms with van der Waals surface area (Å²) in [6, 6.07) is 13.1. The Morgan fingerprint density at radius 3 is 2.90 bits per heavy atom. The smallest absolute Gasteiger partial charge is 0.266 e. The normalized spacial score (nSPS) is 16.3. The van der Waals surface area contributed by atoms with Crippen LogP contribution in [0.3, 0.4) is 0 Å². The first-order valence-corrected chi connectivity index (χ1v) is 11.8. The fraction of sp³-hybridized carbons (Fsp3) is 0.333. The van der Waals surface area contributed by atoms with Gasteiger partial charge in [-0.1, -0.05) is 29.0 Å². The van der Waals surface area contributed by atoms with Crippen LogP contribution in [0.4, 0.5) is 5.13 Å². The average Bonchev–Trinajstić information content (AvgIpc) is 3.40.